The molecule has 4 nitrogen and oxygen atoms in total. The van der Waals surface area contributed by atoms with Crippen molar-refractivity contribution < 1.29 is 17.6 Å². The molecule has 0 aromatic carbocycles. The predicted molar refractivity (Wildman–Crippen MR) is 60.6 cm³/mol. The zero-order valence-electron chi connectivity index (χ0n) is 10.5. The van der Waals surface area contributed by atoms with Crippen LogP contribution in [0, 0.1) is 5.92 Å². The van der Waals surface area contributed by atoms with Crippen LogP contribution < -0.4 is 5.32 Å². The number of alkyl halides is 3. The van der Waals surface area contributed by atoms with Crippen LogP contribution in [0.2, 0.25) is 0 Å². The molecule has 0 bridgehead atoms. The highest BCUT2D eigenvalue weighted by Gasteiger charge is 2.68. The number of hydrogen-bond acceptors (Lipinski definition) is 4. The number of halogens is 3. The number of hydrogen-bond donors (Lipinski definition) is 1. The molecule has 1 aliphatic carbocycles. The van der Waals surface area contributed by atoms with Gasteiger partial charge in [0, 0.05) is 6.42 Å². The predicted octanol–water partition coefficient (Wildman–Crippen LogP) is 2.21. The van der Waals surface area contributed by atoms with E-state index in [0.29, 0.717) is 18.2 Å². The van der Waals surface area contributed by atoms with E-state index in [2.05, 4.69) is 15.5 Å². The Hall–Kier alpha value is -1.11. The van der Waals surface area contributed by atoms with E-state index in [0.717, 1.165) is 25.9 Å². The third-order valence-electron chi connectivity index (χ3n) is 4.09. The van der Waals surface area contributed by atoms with E-state index in [1.54, 1.807) is 0 Å². The molecule has 19 heavy (non-hydrogen) atoms. The van der Waals surface area contributed by atoms with Crippen molar-refractivity contribution in [3.05, 3.63) is 11.8 Å². The van der Waals surface area contributed by atoms with Gasteiger partial charge in [-0.25, -0.2) is 0 Å². The second-order valence-electron chi connectivity index (χ2n) is 5.48. The normalized spacial score (nSPS) is 23.5. The molecule has 1 saturated heterocycles. The molecule has 1 saturated carbocycles. The fourth-order valence-electron chi connectivity index (χ4n) is 2.61. The van der Waals surface area contributed by atoms with Crippen LogP contribution in [0.25, 0.3) is 0 Å². The zero-order chi connectivity index (χ0) is 13.5. The van der Waals surface area contributed by atoms with Gasteiger partial charge >= 0.3 is 6.18 Å². The van der Waals surface area contributed by atoms with Crippen LogP contribution in [0.3, 0.4) is 0 Å². The highest BCUT2D eigenvalue weighted by atomic mass is 19.4. The lowest BCUT2D eigenvalue weighted by atomic mass is 9.95. The number of nitrogens with zero attached hydrogens (tertiary/aromatic N) is 2. The van der Waals surface area contributed by atoms with Crippen LogP contribution in [0.15, 0.2) is 4.42 Å². The molecule has 2 heterocycles. The third kappa shape index (κ3) is 2.35. The highest BCUT2D eigenvalue weighted by Crippen LogP contribution is 2.58. The summed E-state index contributed by atoms with van der Waals surface area (Å²) in [5, 5.41) is 10.7. The fraction of sp³-hybridized carbons (Fsp3) is 0.833. The minimum atomic E-state index is -4.29. The van der Waals surface area contributed by atoms with Crippen LogP contribution in [0.1, 0.15) is 37.5 Å². The summed E-state index contributed by atoms with van der Waals surface area (Å²) in [5.74, 6) is 0.525. The minimum absolute atomic E-state index is 0.0610. The average molecular weight is 275 g/mol. The summed E-state index contributed by atoms with van der Waals surface area (Å²) in [7, 11) is 0. The van der Waals surface area contributed by atoms with E-state index in [9.17, 15) is 13.2 Å². The summed E-state index contributed by atoms with van der Waals surface area (Å²) in [4.78, 5) is 0. The molecule has 106 valence electrons. The largest absolute Gasteiger partial charge is 0.424 e. The zero-order valence-corrected chi connectivity index (χ0v) is 10.5. The van der Waals surface area contributed by atoms with Gasteiger partial charge in [-0.15, -0.1) is 10.2 Å². The van der Waals surface area contributed by atoms with Crippen molar-refractivity contribution in [3.8, 4) is 0 Å². The van der Waals surface area contributed by atoms with E-state index in [-0.39, 0.29) is 18.7 Å². The second-order valence-corrected chi connectivity index (χ2v) is 5.48. The Kier molecular flexibility index (Phi) is 3.03. The molecule has 0 radical (unpaired) electrons. The Bertz CT molecular complexity index is 447. The van der Waals surface area contributed by atoms with Gasteiger partial charge in [0.1, 0.15) is 5.41 Å². The van der Waals surface area contributed by atoms with Gasteiger partial charge in [-0.3, -0.25) is 0 Å². The van der Waals surface area contributed by atoms with Crippen LogP contribution >= 0.6 is 0 Å². The first kappa shape index (κ1) is 12.9. The van der Waals surface area contributed by atoms with Gasteiger partial charge in [0.05, 0.1) is 0 Å². The quantitative estimate of drug-likeness (QED) is 0.919. The highest BCUT2D eigenvalue weighted by molar-refractivity contribution is 5.19. The van der Waals surface area contributed by atoms with Crippen molar-refractivity contribution in [1.29, 1.82) is 0 Å². The number of nitrogens with one attached hydrogen (secondary N) is 1. The van der Waals surface area contributed by atoms with Gasteiger partial charge in [-0.2, -0.15) is 13.2 Å². The lowest BCUT2D eigenvalue weighted by Crippen LogP contribution is -2.29. The summed E-state index contributed by atoms with van der Waals surface area (Å²) >= 11 is 0. The standard InChI is InChI=1S/C12H16F3N3O/c13-12(14,15)11(3-4-11)10-18-17-9(19-10)7-8-1-5-16-6-2-8/h8,16H,1-7H2. The Morgan fingerprint density at radius 1 is 1.21 bits per heavy atom. The van der Waals surface area contributed by atoms with E-state index in [4.69, 9.17) is 4.42 Å². The lowest BCUT2D eigenvalue weighted by molar-refractivity contribution is -0.165. The molecule has 0 unspecified atom stereocenters. The Morgan fingerprint density at radius 2 is 1.89 bits per heavy atom. The topological polar surface area (TPSA) is 51.0 Å². The van der Waals surface area contributed by atoms with Crippen LogP contribution in [-0.4, -0.2) is 29.5 Å². The van der Waals surface area contributed by atoms with Crippen molar-refractivity contribution in [2.75, 3.05) is 13.1 Å². The van der Waals surface area contributed by atoms with E-state index >= 15 is 0 Å². The SMILES string of the molecule is FC(F)(F)C1(c2nnc(CC3CCNCC3)o2)CC1. The number of piperidine rings is 1. The van der Waals surface area contributed by atoms with Crippen molar-refractivity contribution in [3.63, 3.8) is 0 Å². The Balaban J connectivity index is 1.70. The first-order valence-corrected chi connectivity index (χ1v) is 6.61. The van der Waals surface area contributed by atoms with Gasteiger partial charge in [-0.1, -0.05) is 0 Å². The number of aromatic nitrogens is 2. The lowest BCUT2D eigenvalue weighted by Gasteiger charge is -2.20. The molecule has 1 aromatic heterocycles. The van der Waals surface area contributed by atoms with Gasteiger partial charge in [0.15, 0.2) is 0 Å². The third-order valence-corrected chi connectivity index (χ3v) is 4.09. The maximum absolute atomic E-state index is 12.9. The summed E-state index contributed by atoms with van der Waals surface area (Å²) < 4.78 is 44.0. The van der Waals surface area contributed by atoms with Crippen molar-refractivity contribution in [2.45, 2.75) is 43.7 Å². The molecule has 7 heteroatoms. The summed E-state index contributed by atoms with van der Waals surface area (Å²) in [5.41, 5.74) is -1.85. The maximum Gasteiger partial charge on any atom is 0.403 e. The Morgan fingerprint density at radius 3 is 2.47 bits per heavy atom. The second kappa shape index (κ2) is 4.47. The van der Waals surface area contributed by atoms with Crippen LogP contribution in [0.5, 0.6) is 0 Å². The first-order valence-electron chi connectivity index (χ1n) is 6.61. The molecular formula is C12H16F3N3O. The fourth-order valence-corrected chi connectivity index (χ4v) is 2.61. The molecule has 2 fully saturated rings. The van der Waals surface area contributed by atoms with E-state index in [1.807, 2.05) is 0 Å². The van der Waals surface area contributed by atoms with E-state index in [1.165, 1.54) is 0 Å². The van der Waals surface area contributed by atoms with Gasteiger partial charge in [0.2, 0.25) is 11.8 Å². The van der Waals surface area contributed by atoms with E-state index < -0.39 is 11.6 Å². The van der Waals surface area contributed by atoms with Crippen molar-refractivity contribution in [2.24, 2.45) is 5.92 Å². The molecule has 0 spiro atoms. The molecule has 1 aromatic rings. The summed E-state index contributed by atoms with van der Waals surface area (Å²) in [6.07, 6.45) is -1.57. The monoisotopic (exact) mass is 275 g/mol. The van der Waals surface area contributed by atoms with Crippen molar-refractivity contribution >= 4 is 0 Å². The minimum Gasteiger partial charge on any atom is -0.424 e. The molecule has 1 aliphatic heterocycles. The van der Waals surface area contributed by atoms with Crippen LogP contribution in [-0.2, 0) is 11.8 Å². The molecule has 0 atom stereocenters. The van der Waals surface area contributed by atoms with Crippen LogP contribution in [0.4, 0.5) is 13.2 Å². The molecule has 3 rings (SSSR count). The Labute approximate surface area is 108 Å². The summed E-state index contributed by atoms with van der Waals surface area (Å²) in [6, 6.07) is 0. The van der Waals surface area contributed by atoms with Gasteiger partial charge in [0.25, 0.3) is 0 Å². The maximum atomic E-state index is 12.9. The summed E-state index contributed by atoms with van der Waals surface area (Å²) in [6.45, 7) is 1.89. The molecular weight excluding hydrogens is 259 g/mol. The van der Waals surface area contributed by atoms with Gasteiger partial charge in [-0.05, 0) is 44.7 Å². The average Bonchev–Trinajstić information content (AvgIpc) is 3.07. The van der Waals surface area contributed by atoms with Gasteiger partial charge < -0.3 is 9.73 Å². The molecule has 1 N–H and O–H groups in total. The first-order chi connectivity index (χ1) is 9.01. The van der Waals surface area contributed by atoms with Crippen molar-refractivity contribution in [1.82, 2.24) is 15.5 Å². The smallest absolute Gasteiger partial charge is 0.403 e. The number of rotatable bonds is 3. The molecule has 2 aliphatic rings. The molecule has 0 amide bonds.